The van der Waals surface area contributed by atoms with Crippen LogP contribution in [0.15, 0.2) is 24.3 Å². The number of ether oxygens (including phenoxy) is 1. The molecule has 0 aliphatic heterocycles. The minimum atomic E-state index is -2.85. The van der Waals surface area contributed by atoms with Crippen LogP contribution in [0.5, 0.6) is 5.75 Å². The topological polar surface area (TPSA) is 64.4 Å². The second-order valence-corrected chi connectivity index (χ2v) is 3.94. The molecule has 1 atom stereocenters. The number of benzene rings is 1. The molecule has 100 valence electrons. The number of carbonyl (C=O) groups is 1. The number of nitrogens with two attached hydrogens (primary N) is 1. The third kappa shape index (κ3) is 5.09. The van der Waals surface area contributed by atoms with E-state index in [1.807, 2.05) is 0 Å². The Hall–Kier alpha value is -1.69. The molecule has 1 aromatic carbocycles. The van der Waals surface area contributed by atoms with Crippen LogP contribution < -0.4 is 15.8 Å². The summed E-state index contributed by atoms with van der Waals surface area (Å²) in [5.41, 5.74) is 5.66. The van der Waals surface area contributed by atoms with Crippen molar-refractivity contribution < 1.29 is 18.3 Å². The lowest BCUT2D eigenvalue weighted by atomic mass is 10.1. The van der Waals surface area contributed by atoms with Crippen molar-refractivity contribution in [3.63, 3.8) is 0 Å². The van der Waals surface area contributed by atoms with Crippen LogP contribution in [0.1, 0.15) is 18.9 Å². The van der Waals surface area contributed by atoms with Crippen molar-refractivity contribution in [2.24, 2.45) is 5.73 Å². The Labute approximate surface area is 104 Å². The number of nitrogens with one attached hydrogen (secondary N) is 1. The molecule has 0 fully saturated rings. The van der Waals surface area contributed by atoms with Gasteiger partial charge in [0, 0.05) is 24.6 Å². The molecule has 6 heteroatoms. The van der Waals surface area contributed by atoms with Gasteiger partial charge in [-0.05, 0) is 13.0 Å². The summed E-state index contributed by atoms with van der Waals surface area (Å²) in [5, 5.41) is 3.02. The van der Waals surface area contributed by atoms with Gasteiger partial charge >= 0.3 is 6.61 Å². The van der Waals surface area contributed by atoms with Gasteiger partial charge in [-0.1, -0.05) is 18.2 Å². The molecular formula is C12H16F2N2O2. The van der Waals surface area contributed by atoms with Crippen molar-refractivity contribution >= 4 is 5.91 Å². The van der Waals surface area contributed by atoms with Crippen molar-refractivity contribution in [3.05, 3.63) is 29.8 Å². The fraction of sp³-hybridized carbons (Fsp3) is 0.417. The van der Waals surface area contributed by atoms with Crippen LogP contribution in [0.25, 0.3) is 0 Å². The lowest BCUT2D eigenvalue weighted by molar-refractivity contribution is -0.118. The second-order valence-electron chi connectivity index (χ2n) is 3.94. The van der Waals surface area contributed by atoms with E-state index >= 15 is 0 Å². The summed E-state index contributed by atoms with van der Waals surface area (Å²) in [6.45, 7) is -0.729. The number of alkyl halides is 2. The smallest absolute Gasteiger partial charge is 0.387 e. The maximum absolute atomic E-state index is 12.2. The number of para-hydroxylation sites is 1. The predicted octanol–water partition coefficient (Wildman–Crippen LogP) is 1.64. The average molecular weight is 258 g/mol. The molecule has 0 aliphatic carbocycles. The number of hydrogen-bond donors (Lipinski definition) is 2. The number of carbonyl (C=O) groups excluding carboxylic acids is 1. The van der Waals surface area contributed by atoms with Crippen LogP contribution >= 0.6 is 0 Å². The Morgan fingerprint density at radius 1 is 1.44 bits per heavy atom. The third-order valence-electron chi connectivity index (χ3n) is 2.34. The minimum absolute atomic E-state index is 0.123. The van der Waals surface area contributed by atoms with Crippen molar-refractivity contribution in [3.8, 4) is 5.75 Å². The summed E-state index contributed by atoms with van der Waals surface area (Å²) < 4.78 is 28.7. The van der Waals surface area contributed by atoms with Gasteiger partial charge in [-0.15, -0.1) is 0 Å². The van der Waals surface area contributed by atoms with Gasteiger partial charge in [0.25, 0.3) is 0 Å². The van der Waals surface area contributed by atoms with Crippen molar-refractivity contribution in [1.82, 2.24) is 5.32 Å². The van der Waals surface area contributed by atoms with E-state index in [9.17, 15) is 13.6 Å². The number of halogens is 2. The summed E-state index contributed by atoms with van der Waals surface area (Å²) in [7, 11) is 0. The van der Waals surface area contributed by atoms with Crippen molar-refractivity contribution in [1.29, 1.82) is 0 Å². The van der Waals surface area contributed by atoms with E-state index < -0.39 is 12.5 Å². The van der Waals surface area contributed by atoms with Crippen LogP contribution in [-0.2, 0) is 11.3 Å². The summed E-state index contributed by atoms with van der Waals surface area (Å²) in [6.07, 6.45) is 0.192. The quantitative estimate of drug-likeness (QED) is 0.781. The first-order valence-electron chi connectivity index (χ1n) is 5.53. The standard InChI is InChI=1S/C12H16F2N2O2/c1-8(6-11(15)17)16-7-9-4-2-3-5-10(9)18-12(13)14/h2-5,8,12,16H,6-7H2,1H3,(H2,15,17). The van der Waals surface area contributed by atoms with E-state index in [-0.39, 0.29) is 18.2 Å². The SMILES string of the molecule is CC(CC(N)=O)NCc1ccccc1OC(F)F. The molecule has 1 amide bonds. The van der Waals surface area contributed by atoms with Crippen molar-refractivity contribution in [2.75, 3.05) is 0 Å². The lowest BCUT2D eigenvalue weighted by Gasteiger charge is -2.14. The first kappa shape index (κ1) is 14.4. The maximum atomic E-state index is 12.2. The van der Waals surface area contributed by atoms with Crippen LogP contribution in [0, 0.1) is 0 Å². The van der Waals surface area contributed by atoms with Crippen LogP contribution in [-0.4, -0.2) is 18.6 Å². The highest BCUT2D eigenvalue weighted by atomic mass is 19.3. The van der Waals surface area contributed by atoms with Gasteiger partial charge in [0.2, 0.25) is 5.91 Å². The van der Waals surface area contributed by atoms with E-state index in [0.717, 1.165) is 0 Å². The van der Waals surface area contributed by atoms with Gasteiger partial charge in [-0.3, -0.25) is 4.79 Å². The first-order valence-corrected chi connectivity index (χ1v) is 5.53. The molecule has 1 rings (SSSR count). The van der Waals surface area contributed by atoms with Gasteiger partial charge in [0.1, 0.15) is 5.75 Å². The average Bonchev–Trinajstić information content (AvgIpc) is 2.26. The number of rotatable bonds is 7. The predicted molar refractivity (Wildman–Crippen MR) is 63.2 cm³/mol. The number of hydrogen-bond acceptors (Lipinski definition) is 3. The minimum Gasteiger partial charge on any atom is -0.434 e. The zero-order valence-corrected chi connectivity index (χ0v) is 10.0. The Kier molecular flexibility index (Phi) is 5.51. The third-order valence-corrected chi connectivity index (χ3v) is 2.34. The molecule has 18 heavy (non-hydrogen) atoms. The summed E-state index contributed by atoms with van der Waals surface area (Å²) >= 11 is 0. The molecule has 0 radical (unpaired) electrons. The zero-order valence-electron chi connectivity index (χ0n) is 10.0. The Balaban J connectivity index is 2.58. The van der Waals surface area contributed by atoms with E-state index in [1.54, 1.807) is 25.1 Å². The normalized spacial score (nSPS) is 12.4. The van der Waals surface area contributed by atoms with E-state index in [1.165, 1.54) is 6.07 Å². The highest BCUT2D eigenvalue weighted by Crippen LogP contribution is 2.20. The zero-order chi connectivity index (χ0) is 13.5. The van der Waals surface area contributed by atoms with Gasteiger partial charge in [-0.25, -0.2) is 0 Å². The van der Waals surface area contributed by atoms with Crippen LogP contribution in [0.2, 0.25) is 0 Å². The summed E-state index contributed by atoms with van der Waals surface area (Å²) in [4.78, 5) is 10.7. The number of amides is 1. The summed E-state index contributed by atoms with van der Waals surface area (Å²) in [5.74, 6) is -0.279. The van der Waals surface area contributed by atoms with Gasteiger partial charge < -0.3 is 15.8 Å². The molecule has 0 saturated carbocycles. The Bertz CT molecular complexity index is 399. The van der Waals surface area contributed by atoms with Gasteiger partial charge in [0.15, 0.2) is 0 Å². The lowest BCUT2D eigenvalue weighted by Crippen LogP contribution is -2.30. The highest BCUT2D eigenvalue weighted by molar-refractivity contribution is 5.74. The molecule has 3 N–H and O–H groups in total. The maximum Gasteiger partial charge on any atom is 0.387 e. The molecule has 0 bridgehead atoms. The molecular weight excluding hydrogens is 242 g/mol. The Morgan fingerprint density at radius 2 is 2.11 bits per heavy atom. The van der Waals surface area contributed by atoms with E-state index in [0.29, 0.717) is 12.1 Å². The summed E-state index contributed by atoms with van der Waals surface area (Å²) in [6, 6.07) is 6.38. The monoisotopic (exact) mass is 258 g/mol. The Morgan fingerprint density at radius 3 is 2.72 bits per heavy atom. The van der Waals surface area contributed by atoms with E-state index in [2.05, 4.69) is 10.1 Å². The highest BCUT2D eigenvalue weighted by Gasteiger charge is 2.10. The fourth-order valence-electron chi connectivity index (χ4n) is 1.52. The molecule has 0 saturated heterocycles. The van der Waals surface area contributed by atoms with E-state index in [4.69, 9.17) is 5.73 Å². The van der Waals surface area contributed by atoms with Gasteiger partial charge in [-0.2, -0.15) is 8.78 Å². The molecule has 0 aromatic heterocycles. The molecule has 1 aromatic rings. The molecule has 4 nitrogen and oxygen atoms in total. The van der Waals surface area contributed by atoms with Crippen molar-refractivity contribution in [2.45, 2.75) is 32.5 Å². The largest absolute Gasteiger partial charge is 0.434 e. The van der Waals surface area contributed by atoms with Crippen LogP contribution in [0.3, 0.4) is 0 Å². The molecule has 0 aliphatic rings. The fourth-order valence-corrected chi connectivity index (χ4v) is 1.52. The van der Waals surface area contributed by atoms with Crippen LogP contribution in [0.4, 0.5) is 8.78 Å². The molecule has 0 heterocycles. The van der Waals surface area contributed by atoms with Gasteiger partial charge in [0.05, 0.1) is 0 Å². The first-order chi connectivity index (χ1) is 8.49. The molecule has 1 unspecified atom stereocenters. The number of primary amides is 1. The second kappa shape index (κ2) is 6.90. The molecule has 0 spiro atoms.